The maximum Gasteiger partial charge on any atom is 0.287 e. The second kappa shape index (κ2) is 12.7. The van der Waals surface area contributed by atoms with Gasteiger partial charge in [-0.1, -0.05) is 30.3 Å². The van der Waals surface area contributed by atoms with Crippen LogP contribution in [0, 0.1) is 7.14 Å². The number of anilines is 1. The van der Waals surface area contributed by atoms with Gasteiger partial charge in [-0.15, -0.1) is 0 Å². The molecule has 0 aromatic heterocycles. The maximum atomic E-state index is 13.0. The van der Waals surface area contributed by atoms with Crippen LogP contribution in [-0.2, 0) is 4.79 Å². The first-order valence-electron chi connectivity index (χ1n) is 10.5. The molecule has 0 radical (unpaired) electrons. The van der Waals surface area contributed by atoms with E-state index in [9.17, 15) is 9.59 Å². The molecule has 0 bridgehead atoms. The summed E-state index contributed by atoms with van der Waals surface area (Å²) in [7, 11) is 5.49. The third kappa shape index (κ3) is 7.52. The SMILES string of the molecule is COc1c(I)cc(I)cc1C=NNC(=O)C(=Cc1ccc(N(C)C)cc1)NC(=O)c1ccccc1. The number of hydrazone groups is 1. The molecule has 7 nitrogen and oxygen atoms in total. The fourth-order valence-corrected chi connectivity index (χ4v) is 5.20. The molecule has 9 heteroatoms. The molecule has 2 amide bonds. The Balaban J connectivity index is 1.86. The molecule has 3 aromatic rings. The van der Waals surface area contributed by atoms with Crippen LogP contribution in [0.4, 0.5) is 5.69 Å². The number of ether oxygens (including phenoxy) is 1. The summed E-state index contributed by atoms with van der Waals surface area (Å²) in [6.45, 7) is 0. The number of nitrogens with zero attached hydrogens (tertiary/aromatic N) is 2. The number of carbonyl (C=O) groups is 2. The second-order valence-electron chi connectivity index (χ2n) is 7.57. The normalized spacial score (nSPS) is 11.3. The maximum absolute atomic E-state index is 13.0. The van der Waals surface area contributed by atoms with Crippen molar-refractivity contribution in [1.82, 2.24) is 10.7 Å². The van der Waals surface area contributed by atoms with Gasteiger partial charge in [0.2, 0.25) is 0 Å². The van der Waals surface area contributed by atoms with Crippen molar-refractivity contribution in [1.29, 1.82) is 0 Å². The second-order valence-corrected chi connectivity index (χ2v) is 9.98. The van der Waals surface area contributed by atoms with Gasteiger partial charge in [-0.25, -0.2) is 5.43 Å². The lowest BCUT2D eigenvalue weighted by molar-refractivity contribution is -0.117. The van der Waals surface area contributed by atoms with E-state index in [0.717, 1.165) is 24.0 Å². The molecule has 0 aliphatic rings. The number of hydrogen-bond acceptors (Lipinski definition) is 5. The first kappa shape index (κ1) is 26.7. The number of rotatable bonds is 8. The minimum absolute atomic E-state index is 0.0674. The summed E-state index contributed by atoms with van der Waals surface area (Å²) >= 11 is 4.39. The van der Waals surface area contributed by atoms with Gasteiger partial charge in [0.05, 0.1) is 16.9 Å². The highest BCUT2D eigenvalue weighted by molar-refractivity contribution is 14.1. The number of hydrogen-bond donors (Lipinski definition) is 2. The summed E-state index contributed by atoms with van der Waals surface area (Å²) in [5.41, 5.74) is 5.52. The van der Waals surface area contributed by atoms with Crippen LogP contribution in [0.25, 0.3) is 6.08 Å². The van der Waals surface area contributed by atoms with Gasteiger partial charge in [-0.2, -0.15) is 5.10 Å². The highest BCUT2D eigenvalue weighted by atomic mass is 127. The molecule has 0 aliphatic carbocycles. The van der Waals surface area contributed by atoms with E-state index in [4.69, 9.17) is 4.74 Å². The molecule has 180 valence electrons. The molecule has 0 saturated carbocycles. The predicted molar refractivity (Wildman–Crippen MR) is 157 cm³/mol. The van der Waals surface area contributed by atoms with Gasteiger partial charge in [0.1, 0.15) is 11.4 Å². The Labute approximate surface area is 231 Å². The zero-order valence-electron chi connectivity index (χ0n) is 19.4. The van der Waals surface area contributed by atoms with E-state index in [1.165, 1.54) is 6.21 Å². The van der Waals surface area contributed by atoms with E-state index in [2.05, 4.69) is 61.0 Å². The number of nitrogens with one attached hydrogen (secondary N) is 2. The molecular formula is C26H24I2N4O3. The van der Waals surface area contributed by atoms with Crippen molar-refractivity contribution in [2.24, 2.45) is 5.10 Å². The van der Waals surface area contributed by atoms with Gasteiger partial charge in [0.25, 0.3) is 11.8 Å². The third-order valence-electron chi connectivity index (χ3n) is 4.86. The van der Waals surface area contributed by atoms with E-state index in [-0.39, 0.29) is 5.70 Å². The summed E-state index contributed by atoms with van der Waals surface area (Å²) in [6.07, 6.45) is 3.13. The highest BCUT2D eigenvalue weighted by Crippen LogP contribution is 2.26. The fraction of sp³-hybridized carbons (Fsp3) is 0.115. The molecule has 0 spiro atoms. The van der Waals surface area contributed by atoms with Crippen molar-refractivity contribution < 1.29 is 14.3 Å². The monoisotopic (exact) mass is 694 g/mol. The lowest BCUT2D eigenvalue weighted by atomic mass is 10.1. The molecule has 0 unspecified atom stereocenters. The Morgan fingerprint density at radius 3 is 2.31 bits per heavy atom. The molecule has 3 rings (SSSR count). The third-order valence-corrected chi connectivity index (χ3v) is 6.28. The smallest absolute Gasteiger partial charge is 0.287 e. The zero-order valence-corrected chi connectivity index (χ0v) is 23.7. The van der Waals surface area contributed by atoms with Crippen molar-refractivity contribution in [3.63, 3.8) is 0 Å². The van der Waals surface area contributed by atoms with Crippen molar-refractivity contribution in [3.05, 3.63) is 96.3 Å². The average Bonchev–Trinajstić information content (AvgIpc) is 2.84. The van der Waals surface area contributed by atoms with Crippen molar-refractivity contribution in [3.8, 4) is 5.75 Å². The van der Waals surface area contributed by atoms with Crippen LogP contribution in [0.15, 0.2) is 77.5 Å². The van der Waals surface area contributed by atoms with Crippen LogP contribution in [0.3, 0.4) is 0 Å². The molecular weight excluding hydrogens is 670 g/mol. The van der Waals surface area contributed by atoms with Gasteiger partial charge in [-0.05, 0) is 93.2 Å². The Morgan fingerprint density at radius 2 is 1.69 bits per heavy atom. The van der Waals surface area contributed by atoms with Crippen LogP contribution in [0.5, 0.6) is 5.75 Å². The number of benzene rings is 3. The topological polar surface area (TPSA) is 83.0 Å². The Hall–Kier alpha value is -2.93. The number of amides is 2. The quantitative estimate of drug-likeness (QED) is 0.152. The summed E-state index contributed by atoms with van der Waals surface area (Å²) in [5.74, 6) is -0.283. The van der Waals surface area contributed by atoms with E-state index in [1.807, 2.05) is 61.5 Å². The first-order valence-corrected chi connectivity index (χ1v) is 12.7. The van der Waals surface area contributed by atoms with Gasteiger partial charge in [0, 0.05) is 34.5 Å². The molecule has 0 saturated heterocycles. The average molecular weight is 694 g/mol. The van der Waals surface area contributed by atoms with Crippen molar-refractivity contribution in [2.45, 2.75) is 0 Å². The van der Waals surface area contributed by atoms with Gasteiger partial charge >= 0.3 is 0 Å². The lowest BCUT2D eigenvalue weighted by Gasteiger charge is -2.13. The molecule has 0 fully saturated rings. The van der Waals surface area contributed by atoms with Crippen LogP contribution >= 0.6 is 45.2 Å². The standard InChI is InChI=1S/C26H24I2N4O3/c1-32(2)21-11-9-17(10-12-21)13-23(30-25(33)18-7-5-4-6-8-18)26(34)31-29-16-19-14-20(27)15-22(28)24(19)35-3/h4-16H,1-3H3,(H,30,33)(H,31,34). The summed E-state index contributed by atoms with van der Waals surface area (Å²) in [4.78, 5) is 27.7. The Kier molecular flexibility index (Phi) is 9.66. The molecule has 3 aromatic carbocycles. The molecule has 0 heterocycles. The van der Waals surface area contributed by atoms with Crippen molar-refractivity contribution >= 4 is 75.0 Å². The summed E-state index contributed by atoms with van der Waals surface area (Å²) in [6, 6.07) is 20.2. The minimum atomic E-state index is -0.554. The first-order chi connectivity index (χ1) is 16.8. The van der Waals surface area contributed by atoms with E-state index in [1.54, 1.807) is 37.5 Å². The minimum Gasteiger partial charge on any atom is -0.495 e. The Bertz CT molecular complexity index is 1260. The van der Waals surface area contributed by atoms with E-state index in [0.29, 0.717) is 11.3 Å². The Morgan fingerprint density at radius 1 is 1.00 bits per heavy atom. The molecule has 2 N–H and O–H groups in total. The van der Waals surface area contributed by atoms with Crippen LogP contribution < -0.4 is 20.4 Å². The summed E-state index contributed by atoms with van der Waals surface area (Å²) in [5, 5.41) is 6.81. The summed E-state index contributed by atoms with van der Waals surface area (Å²) < 4.78 is 7.40. The molecule has 35 heavy (non-hydrogen) atoms. The largest absolute Gasteiger partial charge is 0.495 e. The number of carbonyl (C=O) groups excluding carboxylic acids is 2. The highest BCUT2D eigenvalue weighted by Gasteiger charge is 2.15. The van der Waals surface area contributed by atoms with Gasteiger partial charge in [0.15, 0.2) is 0 Å². The van der Waals surface area contributed by atoms with Gasteiger partial charge in [-0.3, -0.25) is 9.59 Å². The molecule has 0 aliphatic heterocycles. The van der Waals surface area contributed by atoms with Crippen LogP contribution in [0.1, 0.15) is 21.5 Å². The predicted octanol–water partition coefficient (Wildman–Crippen LogP) is 4.89. The lowest BCUT2D eigenvalue weighted by Crippen LogP contribution is -2.32. The fourth-order valence-electron chi connectivity index (χ4n) is 3.09. The number of methoxy groups -OCH3 is 1. The molecule has 0 atom stereocenters. The van der Waals surface area contributed by atoms with Crippen molar-refractivity contribution in [2.75, 3.05) is 26.1 Å². The van der Waals surface area contributed by atoms with Gasteiger partial charge < -0.3 is 15.0 Å². The van der Waals surface area contributed by atoms with Crippen LogP contribution in [-0.4, -0.2) is 39.2 Å². The number of halogens is 2. The van der Waals surface area contributed by atoms with E-state index < -0.39 is 11.8 Å². The zero-order chi connectivity index (χ0) is 25.4. The van der Waals surface area contributed by atoms with E-state index >= 15 is 0 Å². The van der Waals surface area contributed by atoms with Crippen LogP contribution in [0.2, 0.25) is 0 Å².